The topological polar surface area (TPSA) is 91.0 Å². The molecule has 3 aromatic rings. The number of carbonyl (C=O) groups is 2. The fraction of sp³-hybridized carbons (Fsp3) is 0.517. The molecule has 8 nitrogen and oxygen atoms in total. The molecule has 0 radical (unpaired) electrons. The third-order valence-electron chi connectivity index (χ3n) is 8.15. The van der Waals surface area contributed by atoms with E-state index in [1.165, 1.54) is 4.90 Å². The maximum Gasteiger partial charge on any atom is 0.417 e. The number of aryl methyl sites for hydroxylation is 1. The number of alkyl halides is 3. The van der Waals surface area contributed by atoms with Crippen molar-refractivity contribution in [1.82, 2.24) is 24.4 Å². The number of halogens is 3. The van der Waals surface area contributed by atoms with Gasteiger partial charge in [-0.3, -0.25) is 9.59 Å². The number of hydrogen-bond acceptors (Lipinski definition) is 5. The summed E-state index contributed by atoms with van der Waals surface area (Å²) in [6, 6.07) is 10.1. The van der Waals surface area contributed by atoms with Gasteiger partial charge >= 0.3 is 6.18 Å². The van der Waals surface area contributed by atoms with Gasteiger partial charge in [0.05, 0.1) is 17.4 Å². The molecule has 0 spiro atoms. The van der Waals surface area contributed by atoms with Gasteiger partial charge in [-0.2, -0.15) is 18.3 Å². The Morgan fingerprint density at radius 2 is 1.75 bits per heavy atom. The maximum atomic E-state index is 13.7. The number of benzene rings is 1. The minimum atomic E-state index is -4.76. The number of nitrogens with zero attached hydrogens (tertiary/aromatic N) is 5. The minimum Gasteiger partial charge on any atom is -0.380 e. The molecular weight excluding hydrogens is 523 g/mol. The second kappa shape index (κ2) is 9.57. The van der Waals surface area contributed by atoms with Crippen LogP contribution in [0.2, 0.25) is 0 Å². The molecule has 1 aromatic carbocycles. The summed E-state index contributed by atoms with van der Waals surface area (Å²) in [7, 11) is 0. The Morgan fingerprint density at radius 3 is 2.33 bits per heavy atom. The fourth-order valence-corrected chi connectivity index (χ4v) is 5.67. The van der Waals surface area contributed by atoms with E-state index < -0.39 is 42.0 Å². The average Bonchev–Trinajstić information content (AvgIpc) is 3.28. The van der Waals surface area contributed by atoms with Gasteiger partial charge in [0.15, 0.2) is 11.2 Å². The lowest BCUT2D eigenvalue weighted by molar-refractivity contribution is -0.297. The summed E-state index contributed by atoms with van der Waals surface area (Å²) < 4.78 is 40.7. The number of amides is 2. The zero-order valence-electron chi connectivity index (χ0n) is 23.3. The van der Waals surface area contributed by atoms with E-state index in [1.54, 1.807) is 15.6 Å². The van der Waals surface area contributed by atoms with Crippen molar-refractivity contribution in [3.63, 3.8) is 0 Å². The standard InChI is InChI=1S/C29H34F3N5O3/c1-17(2)21-12-22(19-8-6-18(3)7-9-19)34-37-15-23(33-24(21)37)26(39)36-11-10-35(16-27(36,4)5)25(38)20-13-28(40,14-20)29(30,31)32/h6-9,12,15,17,20,40H,10-11,13-14,16H2,1-5H3/t20-,28+. The predicted molar refractivity (Wildman–Crippen MR) is 143 cm³/mol. The van der Waals surface area contributed by atoms with E-state index in [1.807, 2.05) is 51.1 Å². The third kappa shape index (κ3) is 4.84. The van der Waals surface area contributed by atoms with Gasteiger partial charge in [-0.25, -0.2) is 9.50 Å². The normalized spacial score (nSPS) is 23.0. The van der Waals surface area contributed by atoms with E-state index >= 15 is 0 Å². The molecule has 0 unspecified atom stereocenters. The van der Waals surface area contributed by atoms with Crippen LogP contribution in [0.5, 0.6) is 0 Å². The number of fused-ring (bicyclic) bond motifs is 1. The molecule has 0 atom stereocenters. The van der Waals surface area contributed by atoms with Gasteiger partial charge < -0.3 is 14.9 Å². The molecular formula is C29H34F3N5O3. The highest BCUT2D eigenvalue weighted by Gasteiger charge is 2.63. The molecule has 40 heavy (non-hydrogen) atoms. The van der Waals surface area contributed by atoms with Crippen LogP contribution >= 0.6 is 0 Å². The molecule has 1 N–H and O–H groups in total. The number of aromatic nitrogens is 3. The van der Waals surface area contributed by atoms with Crippen LogP contribution in [0.4, 0.5) is 13.2 Å². The summed E-state index contributed by atoms with van der Waals surface area (Å²) in [6.45, 7) is 10.3. The number of imidazole rings is 1. The lowest BCUT2D eigenvalue weighted by atomic mass is 9.69. The highest BCUT2D eigenvalue weighted by atomic mass is 19.4. The van der Waals surface area contributed by atoms with Crippen molar-refractivity contribution in [1.29, 1.82) is 0 Å². The summed E-state index contributed by atoms with van der Waals surface area (Å²) in [5, 5.41) is 14.5. The number of aliphatic hydroxyl groups is 1. The molecule has 1 aliphatic carbocycles. The summed E-state index contributed by atoms with van der Waals surface area (Å²) in [5.74, 6) is -1.47. The van der Waals surface area contributed by atoms with Crippen LogP contribution in [0.15, 0.2) is 36.5 Å². The van der Waals surface area contributed by atoms with Gasteiger partial charge in [-0.15, -0.1) is 0 Å². The van der Waals surface area contributed by atoms with Crippen LogP contribution in [0.1, 0.15) is 68.1 Å². The van der Waals surface area contributed by atoms with Gasteiger partial charge in [0.1, 0.15) is 5.69 Å². The number of hydrogen-bond donors (Lipinski definition) is 1. The van der Waals surface area contributed by atoms with Crippen molar-refractivity contribution in [2.45, 2.75) is 70.7 Å². The third-order valence-corrected chi connectivity index (χ3v) is 8.15. The van der Waals surface area contributed by atoms with Crippen molar-refractivity contribution < 1.29 is 27.9 Å². The zero-order valence-corrected chi connectivity index (χ0v) is 23.3. The molecule has 1 aliphatic heterocycles. The van der Waals surface area contributed by atoms with Crippen LogP contribution in [0.3, 0.4) is 0 Å². The largest absolute Gasteiger partial charge is 0.417 e. The van der Waals surface area contributed by atoms with Gasteiger partial charge in [0, 0.05) is 36.7 Å². The second-order valence-electron chi connectivity index (χ2n) is 12.1. The highest BCUT2D eigenvalue weighted by Crippen LogP contribution is 2.49. The number of rotatable bonds is 4. The highest BCUT2D eigenvalue weighted by molar-refractivity contribution is 5.94. The Morgan fingerprint density at radius 1 is 1.10 bits per heavy atom. The van der Waals surface area contributed by atoms with E-state index in [-0.39, 0.29) is 37.2 Å². The Hall–Kier alpha value is -3.47. The maximum absolute atomic E-state index is 13.7. The molecule has 5 rings (SSSR count). The molecule has 2 amide bonds. The Bertz CT molecular complexity index is 1460. The summed E-state index contributed by atoms with van der Waals surface area (Å²) in [6.07, 6.45) is -4.40. The van der Waals surface area contributed by atoms with E-state index in [0.717, 1.165) is 22.4 Å². The molecule has 0 bridgehead atoms. The van der Waals surface area contributed by atoms with Crippen molar-refractivity contribution in [3.05, 3.63) is 53.3 Å². The monoisotopic (exact) mass is 557 g/mol. The van der Waals surface area contributed by atoms with Crippen LogP contribution in [0.25, 0.3) is 16.9 Å². The zero-order chi connectivity index (χ0) is 29.2. The van der Waals surface area contributed by atoms with Gasteiger partial charge in [-0.1, -0.05) is 43.7 Å². The van der Waals surface area contributed by atoms with Gasteiger partial charge in [-0.05, 0) is 45.6 Å². The molecule has 2 fully saturated rings. The summed E-state index contributed by atoms with van der Waals surface area (Å²) in [5.41, 5.74) is 1.08. The van der Waals surface area contributed by atoms with Crippen LogP contribution < -0.4 is 0 Å². The van der Waals surface area contributed by atoms with E-state index in [4.69, 9.17) is 5.10 Å². The van der Waals surface area contributed by atoms with Gasteiger partial charge in [0.2, 0.25) is 5.91 Å². The Balaban J connectivity index is 1.35. The Labute approximate surface area is 230 Å². The lowest BCUT2D eigenvalue weighted by Crippen LogP contribution is -2.65. The van der Waals surface area contributed by atoms with E-state index in [2.05, 4.69) is 18.8 Å². The first-order valence-electron chi connectivity index (χ1n) is 13.5. The van der Waals surface area contributed by atoms with Crippen LogP contribution in [-0.2, 0) is 4.79 Å². The molecule has 2 aromatic heterocycles. The molecule has 3 heterocycles. The Kier molecular flexibility index (Phi) is 6.72. The molecule has 11 heteroatoms. The van der Waals surface area contributed by atoms with Crippen molar-refractivity contribution >= 4 is 17.5 Å². The van der Waals surface area contributed by atoms with E-state index in [9.17, 15) is 27.9 Å². The lowest BCUT2D eigenvalue weighted by Gasteiger charge is -2.50. The first-order chi connectivity index (χ1) is 18.6. The molecule has 1 saturated heterocycles. The average molecular weight is 558 g/mol. The quantitative estimate of drug-likeness (QED) is 0.507. The fourth-order valence-electron chi connectivity index (χ4n) is 5.67. The first kappa shape index (κ1) is 28.1. The molecule has 2 aliphatic rings. The van der Waals surface area contributed by atoms with Gasteiger partial charge in [0.25, 0.3) is 5.91 Å². The first-order valence-corrected chi connectivity index (χ1v) is 13.5. The SMILES string of the molecule is Cc1ccc(-c2cc(C(C)C)c3nc(C(=O)N4CCN(C(=O)[C@H]5C[C@](O)(C(F)(F)F)C5)CC4(C)C)cn3n2)cc1. The van der Waals surface area contributed by atoms with E-state index in [0.29, 0.717) is 5.65 Å². The number of piperazine rings is 1. The van der Waals surface area contributed by atoms with Crippen molar-refractivity contribution in [3.8, 4) is 11.3 Å². The van der Waals surface area contributed by atoms with Crippen LogP contribution in [0, 0.1) is 12.8 Å². The molecule has 214 valence electrons. The predicted octanol–water partition coefficient (Wildman–Crippen LogP) is 4.59. The smallest absolute Gasteiger partial charge is 0.380 e. The van der Waals surface area contributed by atoms with Crippen LogP contribution in [-0.4, -0.2) is 78.3 Å². The summed E-state index contributed by atoms with van der Waals surface area (Å²) in [4.78, 5) is 34.4. The van der Waals surface area contributed by atoms with Crippen molar-refractivity contribution in [2.75, 3.05) is 19.6 Å². The second-order valence-corrected chi connectivity index (χ2v) is 12.1. The summed E-state index contributed by atoms with van der Waals surface area (Å²) >= 11 is 0. The van der Waals surface area contributed by atoms with Crippen molar-refractivity contribution in [2.24, 2.45) is 5.92 Å². The minimum absolute atomic E-state index is 0.132. The molecule has 1 saturated carbocycles. The number of carbonyl (C=O) groups excluding carboxylic acids is 2.